The van der Waals surface area contributed by atoms with Crippen molar-refractivity contribution in [3.63, 3.8) is 0 Å². The van der Waals surface area contributed by atoms with E-state index in [1.807, 2.05) is 38.1 Å². The lowest BCUT2D eigenvalue weighted by atomic mass is 10.1. The zero-order valence-electron chi connectivity index (χ0n) is 16.7. The van der Waals surface area contributed by atoms with Gasteiger partial charge in [-0.2, -0.15) is 0 Å². The van der Waals surface area contributed by atoms with Crippen molar-refractivity contribution >= 4 is 11.9 Å². The summed E-state index contributed by atoms with van der Waals surface area (Å²) in [6, 6.07) is 10.6. The van der Waals surface area contributed by atoms with Gasteiger partial charge in [-0.1, -0.05) is 29.8 Å². The van der Waals surface area contributed by atoms with Crippen molar-refractivity contribution in [1.29, 1.82) is 0 Å². The molecular formula is C21H25NO6. The molecule has 2 aromatic rings. The van der Waals surface area contributed by atoms with E-state index in [0.29, 0.717) is 17.2 Å². The highest BCUT2D eigenvalue weighted by atomic mass is 16.5. The first-order chi connectivity index (χ1) is 13.4. The van der Waals surface area contributed by atoms with Crippen LogP contribution >= 0.6 is 0 Å². The summed E-state index contributed by atoms with van der Waals surface area (Å²) in [7, 11) is 4.37. The Bertz CT molecular complexity index is 806. The summed E-state index contributed by atoms with van der Waals surface area (Å²) in [5.41, 5.74) is 2.30. The average Bonchev–Trinajstić information content (AvgIpc) is 2.71. The molecule has 150 valence electrons. The number of carbonyl (C=O) groups is 2. The first-order valence-electron chi connectivity index (χ1n) is 8.72. The number of carbonyl (C=O) groups excluding carboxylic acids is 2. The number of hydrogen-bond acceptors (Lipinski definition) is 6. The van der Waals surface area contributed by atoms with Crippen LogP contribution in [0.1, 0.15) is 34.5 Å². The maximum Gasteiger partial charge on any atom is 0.338 e. The fourth-order valence-electron chi connectivity index (χ4n) is 2.63. The van der Waals surface area contributed by atoms with Crippen LogP contribution in [0.2, 0.25) is 0 Å². The highest BCUT2D eigenvalue weighted by Gasteiger charge is 2.19. The van der Waals surface area contributed by atoms with Gasteiger partial charge in [0, 0.05) is 0 Å². The molecule has 28 heavy (non-hydrogen) atoms. The van der Waals surface area contributed by atoms with Gasteiger partial charge >= 0.3 is 5.97 Å². The lowest BCUT2D eigenvalue weighted by Gasteiger charge is -2.15. The number of hydrogen-bond donors (Lipinski definition) is 1. The number of nitrogens with one attached hydrogen (secondary N) is 1. The van der Waals surface area contributed by atoms with Gasteiger partial charge in [0.2, 0.25) is 5.75 Å². The molecule has 0 aliphatic heterocycles. The minimum Gasteiger partial charge on any atom is -0.493 e. The van der Waals surface area contributed by atoms with Crippen LogP contribution in [0.15, 0.2) is 36.4 Å². The molecule has 0 fully saturated rings. The van der Waals surface area contributed by atoms with E-state index < -0.39 is 18.5 Å². The third-order valence-electron chi connectivity index (χ3n) is 4.19. The Balaban J connectivity index is 1.99. The highest BCUT2D eigenvalue weighted by Crippen LogP contribution is 2.38. The molecule has 0 aliphatic carbocycles. The molecule has 0 saturated carbocycles. The SMILES string of the molecule is COc1cc(C(=O)OCC(=O)N[C@@H](C)c2ccc(C)cc2)cc(OC)c1OC. The summed E-state index contributed by atoms with van der Waals surface area (Å²) < 4.78 is 20.8. The number of ether oxygens (including phenoxy) is 4. The van der Waals surface area contributed by atoms with Crippen LogP contribution in [0, 0.1) is 6.92 Å². The maximum atomic E-state index is 12.3. The van der Waals surface area contributed by atoms with Crippen LogP contribution in [0.5, 0.6) is 17.2 Å². The Labute approximate surface area is 164 Å². The molecule has 2 aromatic carbocycles. The van der Waals surface area contributed by atoms with E-state index in [0.717, 1.165) is 11.1 Å². The third kappa shape index (κ3) is 5.16. The minimum atomic E-state index is -0.669. The summed E-state index contributed by atoms with van der Waals surface area (Å²) >= 11 is 0. The molecule has 0 spiro atoms. The van der Waals surface area contributed by atoms with E-state index in [4.69, 9.17) is 18.9 Å². The van der Waals surface area contributed by atoms with Crippen LogP contribution in [0.25, 0.3) is 0 Å². The van der Waals surface area contributed by atoms with Crippen LogP contribution in [0.4, 0.5) is 0 Å². The van der Waals surface area contributed by atoms with Gasteiger partial charge in [0.15, 0.2) is 18.1 Å². The van der Waals surface area contributed by atoms with Crippen molar-refractivity contribution in [3.8, 4) is 17.2 Å². The van der Waals surface area contributed by atoms with E-state index >= 15 is 0 Å². The molecule has 0 unspecified atom stereocenters. The first-order valence-corrected chi connectivity index (χ1v) is 8.72. The number of methoxy groups -OCH3 is 3. The molecule has 7 nitrogen and oxygen atoms in total. The minimum absolute atomic E-state index is 0.189. The van der Waals surface area contributed by atoms with Gasteiger partial charge in [0.1, 0.15) is 0 Å². The Morgan fingerprint density at radius 1 is 0.964 bits per heavy atom. The molecule has 0 bridgehead atoms. The van der Waals surface area contributed by atoms with Crippen LogP contribution < -0.4 is 19.5 Å². The summed E-state index contributed by atoms with van der Waals surface area (Å²) in [4.78, 5) is 24.4. The van der Waals surface area contributed by atoms with E-state index in [1.165, 1.54) is 33.5 Å². The standard InChI is InChI=1S/C21H25NO6/c1-13-6-8-15(9-7-13)14(2)22-19(23)12-28-21(24)16-10-17(25-3)20(27-5)18(11-16)26-4/h6-11,14H,12H2,1-5H3,(H,22,23)/t14-/m0/s1. The van der Waals surface area contributed by atoms with Gasteiger partial charge < -0.3 is 24.3 Å². The lowest BCUT2D eigenvalue weighted by Crippen LogP contribution is -2.31. The smallest absolute Gasteiger partial charge is 0.338 e. The number of aryl methyl sites for hydroxylation is 1. The predicted octanol–water partition coefficient (Wildman–Crippen LogP) is 3.06. The Hall–Kier alpha value is -3.22. The molecule has 1 atom stereocenters. The van der Waals surface area contributed by atoms with Crippen molar-refractivity contribution in [1.82, 2.24) is 5.32 Å². The van der Waals surface area contributed by atoms with E-state index in [2.05, 4.69) is 5.32 Å². The number of benzene rings is 2. The van der Waals surface area contributed by atoms with Crippen molar-refractivity contribution in [2.24, 2.45) is 0 Å². The molecule has 7 heteroatoms. The van der Waals surface area contributed by atoms with Crippen molar-refractivity contribution in [2.75, 3.05) is 27.9 Å². The lowest BCUT2D eigenvalue weighted by molar-refractivity contribution is -0.124. The summed E-state index contributed by atoms with van der Waals surface area (Å²) in [6.45, 7) is 3.46. The monoisotopic (exact) mass is 387 g/mol. The molecule has 0 aromatic heterocycles. The second kappa shape index (κ2) is 9.64. The second-order valence-electron chi connectivity index (χ2n) is 6.19. The van der Waals surface area contributed by atoms with Gasteiger partial charge in [-0.3, -0.25) is 4.79 Å². The van der Waals surface area contributed by atoms with Gasteiger partial charge in [-0.25, -0.2) is 4.79 Å². The molecule has 1 N–H and O–H groups in total. The zero-order chi connectivity index (χ0) is 20.7. The van der Waals surface area contributed by atoms with Gasteiger partial charge in [-0.15, -0.1) is 0 Å². The number of amides is 1. The van der Waals surface area contributed by atoms with E-state index in [-0.39, 0.29) is 11.6 Å². The largest absolute Gasteiger partial charge is 0.493 e. The predicted molar refractivity (Wildman–Crippen MR) is 104 cm³/mol. The quantitative estimate of drug-likeness (QED) is 0.701. The highest BCUT2D eigenvalue weighted by molar-refractivity contribution is 5.92. The van der Waals surface area contributed by atoms with Crippen LogP contribution in [-0.4, -0.2) is 39.8 Å². The summed E-state index contributed by atoms with van der Waals surface area (Å²) in [5, 5.41) is 2.80. The van der Waals surface area contributed by atoms with E-state index in [1.54, 1.807) is 0 Å². The van der Waals surface area contributed by atoms with Gasteiger partial charge in [-0.05, 0) is 31.5 Å². The summed E-state index contributed by atoms with van der Waals surface area (Å²) in [5.74, 6) is -0.0463. The van der Waals surface area contributed by atoms with Crippen LogP contribution in [-0.2, 0) is 9.53 Å². The van der Waals surface area contributed by atoms with Crippen LogP contribution in [0.3, 0.4) is 0 Å². The van der Waals surface area contributed by atoms with E-state index in [9.17, 15) is 9.59 Å². The zero-order valence-corrected chi connectivity index (χ0v) is 16.7. The Morgan fingerprint density at radius 3 is 2.04 bits per heavy atom. The summed E-state index contributed by atoms with van der Waals surface area (Å²) in [6.07, 6.45) is 0. The Morgan fingerprint density at radius 2 is 1.54 bits per heavy atom. The van der Waals surface area contributed by atoms with Crippen molar-refractivity contribution in [2.45, 2.75) is 19.9 Å². The second-order valence-corrected chi connectivity index (χ2v) is 6.19. The molecule has 0 radical (unpaired) electrons. The van der Waals surface area contributed by atoms with Gasteiger partial charge in [0.05, 0.1) is 32.9 Å². The van der Waals surface area contributed by atoms with Crippen molar-refractivity contribution in [3.05, 3.63) is 53.1 Å². The molecule has 0 saturated heterocycles. The normalized spacial score (nSPS) is 11.3. The molecule has 0 aliphatic rings. The number of rotatable bonds is 8. The molecule has 1 amide bonds. The fraction of sp³-hybridized carbons (Fsp3) is 0.333. The average molecular weight is 387 g/mol. The third-order valence-corrected chi connectivity index (χ3v) is 4.19. The van der Waals surface area contributed by atoms with Gasteiger partial charge in [0.25, 0.3) is 5.91 Å². The topological polar surface area (TPSA) is 83.1 Å². The molecule has 2 rings (SSSR count). The first kappa shape index (κ1) is 21.1. The Kier molecular flexibility index (Phi) is 7.26. The molecule has 0 heterocycles. The fourth-order valence-corrected chi connectivity index (χ4v) is 2.63. The molecular weight excluding hydrogens is 362 g/mol. The maximum absolute atomic E-state index is 12.3. The number of esters is 1. The van der Waals surface area contributed by atoms with Crippen molar-refractivity contribution < 1.29 is 28.5 Å².